The van der Waals surface area contributed by atoms with Crippen molar-refractivity contribution in [3.8, 4) is 0 Å². The molecule has 1 aliphatic carbocycles. The summed E-state index contributed by atoms with van der Waals surface area (Å²) in [7, 11) is -4.17. The van der Waals surface area contributed by atoms with Crippen LogP contribution in [0.4, 0.5) is 4.39 Å². The molecule has 4 rings (SSSR count). The van der Waals surface area contributed by atoms with Crippen molar-refractivity contribution in [2.45, 2.75) is 49.7 Å². The third kappa shape index (κ3) is 4.73. The molecule has 1 heterocycles. The van der Waals surface area contributed by atoms with Crippen LogP contribution in [0.5, 0.6) is 0 Å². The van der Waals surface area contributed by atoms with Crippen molar-refractivity contribution in [2.24, 2.45) is 0 Å². The van der Waals surface area contributed by atoms with Crippen molar-refractivity contribution in [3.05, 3.63) is 83.4 Å². The highest BCUT2D eigenvalue weighted by molar-refractivity contribution is 7.89. The Morgan fingerprint density at radius 3 is 2.66 bits per heavy atom. The van der Waals surface area contributed by atoms with E-state index in [0.717, 1.165) is 48.2 Å². The molecule has 1 aliphatic rings. The lowest BCUT2D eigenvalue weighted by Gasteiger charge is -2.26. The predicted molar refractivity (Wildman–Crippen MR) is 118 cm³/mol. The van der Waals surface area contributed by atoms with E-state index in [0.29, 0.717) is 6.54 Å². The Labute approximate surface area is 186 Å². The smallest absolute Gasteiger partial charge is 0.244 e. The standard InChI is InChI=1S/C23H25FN4O3S/c1-16(27-32(30,31)22-13-6-5-10-19(22)24)23(29)26-20-11-7-12-21-18(20)14-25-28(21)15-17-8-3-2-4-9-17/h2-6,8-10,13-14,16,20,27H,7,11-12,15H2,1H3,(H,26,29)/t16-,20?/m1/s1. The molecular weight excluding hydrogens is 431 g/mol. The van der Waals surface area contributed by atoms with Gasteiger partial charge in [-0.1, -0.05) is 42.5 Å². The first kappa shape index (κ1) is 22.2. The zero-order chi connectivity index (χ0) is 22.7. The number of carbonyl (C=O) groups is 1. The summed E-state index contributed by atoms with van der Waals surface area (Å²) in [5.41, 5.74) is 3.16. The molecule has 0 aliphatic heterocycles. The first-order valence-electron chi connectivity index (χ1n) is 10.5. The minimum absolute atomic E-state index is 0.254. The number of nitrogens with one attached hydrogen (secondary N) is 2. The second-order valence-electron chi connectivity index (χ2n) is 7.92. The zero-order valence-corrected chi connectivity index (χ0v) is 18.5. The summed E-state index contributed by atoms with van der Waals surface area (Å²) >= 11 is 0. The van der Waals surface area contributed by atoms with E-state index in [1.165, 1.54) is 19.1 Å². The van der Waals surface area contributed by atoms with E-state index >= 15 is 0 Å². The van der Waals surface area contributed by atoms with Gasteiger partial charge in [-0.05, 0) is 43.9 Å². The van der Waals surface area contributed by atoms with Gasteiger partial charge in [-0.2, -0.15) is 9.82 Å². The lowest BCUT2D eigenvalue weighted by atomic mass is 9.92. The summed E-state index contributed by atoms with van der Waals surface area (Å²) in [6.45, 7) is 2.09. The van der Waals surface area contributed by atoms with Gasteiger partial charge in [-0.25, -0.2) is 12.8 Å². The molecule has 0 bridgehead atoms. The lowest BCUT2D eigenvalue weighted by molar-refractivity contribution is -0.123. The van der Waals surface area contributed by atoms with Crippen molar-refractivity contribution >= 4 is 15.9 Å². The quantitative estimate of drug-likeness (QED) is 0.572. The highest BCUT2D eigenvalue weighted by atomic mass is 32.2. The van der Waals surface area contributed by atoms with Crippen LogP contribution in [-0.4, -0.2) is 30.1 Å². The Bertz CT molecular complexity index is 1210. The number of benzene rings is 2. The molecule has 0 spiro atoms. The molecule has 2 atom stereocenters. The number of halogens is 1. The number of fused-ring (bicyclic) bond motifs is 1. The maximum atomic E-state index is 13.9. The number of amides is 1. The second kappa shape index (κ2) is 9.22. The van der Waals surface area contributed by atoms with Crippen LogP contribution in [0.25, 0.3) is 0 Å². The number of rotatable bonds is 7. The molecule has 2 aromatic carbocycles. The fraction of sp³-hybridized carbons (Fsp3) is 0.304. The topological polar surface area (TPSA) is 93.1 Å². The number of nitrogens with zero attached hydrogens (tertiary/aromatic N) is 2. The largest absolute Gasteiger partial charge is 0.348 e. The van der Waals surface area contributed by atoms with Gasteiger partial charge in [-0.3, -0.25) is 9.48 Å². The number of sulfonamides is 1. The van der Waals surface area contributed by atoms with Gasteiger partial charge in [0.05, 0.1) is 24.8 Å². The molecule has 1 amide bonds. The van der Waals surface area contributed by atoms with Crippen molar-refractivity contribution in [1.82, 2.24) is 19.8 Å². The highest BCUT2D eigenvalue weighted by Gasteiger charge is 2.29. The Morgan fingerprint density at radius 1 is 1.19 bits per heavy atom. The van der Waals surface area contributed by atoms with Crippen molar-refractivity contribution in [1.29, 1.82) is 0 Å². The monoisotopic (exact) mass is 456 g/mol. The van der Waals surface area contributed by atoms with Crippen LogP contribution in [0.15, 0.2) is 65.7 Å². The Morgan fingerprint density at radius 2 is 1.91 bits per heavy atom. The molecule has 32 heavy (non-hydrogen) atoms. The molecule has 2 N–H and O–H groups in total. The zero-order valence-electron chi connectivity index (χ0n) is 17.7. The van der Waals surface area contributed by atoms with Gasteiger partial charge in [0.15, 0.2) is 0 Å². The Kier molecular flexibility index (Phi) is 6.38. The van der Waals surface area contributed by atoms with Crippen LogP contribution in [-0.2, 0) is 27.8 Å². The lowest BCUT2D eigenvalue weighted by Crippen LogP contribution is -2.46. The summed E-state index contributed by atoms with van der Waals surface area (Å²) in [6, 6.07) is 13.8. The maximum Gasteiger partial charge on any atom is 0.244 e. The molecular formula is C23H25FN4O3S. The molecule has 9 heteroatoms. The molecule has 0 radical (unpaired) electrons. The molecule has 3 aromatic rings. The van der Waals surface area contributed by atoms with E-state index in [2.05, 4.69) is 15.1 Å². The van der Waals surface area contributed by atoms with Gasteiger partial charge in [0, 0.05) is 11.3 Å². The maximum absolute atomic E-state index is 13.9. The van der Waals surface area contributed by atoms with Gasteiger partial charge in [0.25, 0.3) is 0 Å². The number of hydrogen-bond acceptors (Lipinski definition) is 4. The first-order valence-corrected chi connectivity index (χ1v) is 12.0. The van der Waals surface area contributed by atoms with E-state index in [-0.39, 0.29) is 6.04 Å². The van der Waals surface area contributed by atoms with Gasteiger partial charge in [-0.15, -0.1) is 0 Å². The normalized spacial score (nSPS) is 16.9. The van der Waals surface area contributed by atoms with E-state index in [1.54, 1.807) is 6.20 Å². The summed E-state index contributed by atoms with van der Waals surface area (Å²) in [6.07, 6.45) is 4.26. The number of carbonyl (C=O) groups excluding carboxylic acids is 1. The SMILES string of the molecule is C[C@@H](NS(=O)(=O)c1ccccc1F)C(=O)NC1CCCc2c1cnn2Cc1ccccc1. The average Bonchev–Trinajstić information content (AvgIpc) is 3.18. The minimum atomic E-state index is -4.17. The van der Waals surface area contributed by atoms with Crippen LogP contribution < -0.4 is 10.0 Å². The van der Waals surface area contributed by atoms with Crippen LogP contribution >= 0.6 is 0 Å². The van der Waals surface area contributed by atoms with Crippen LogP contribution in [0, 0.1) is 5.82 Å². The second-order valence-corrected chi connectivity index (χ2v) is 9.60. The summed E-state index contributed by atoms with van der Waals surface area (Å²) in [5.74, 6) is -1.34. The van der Waals surface area contributed by atoms with Crippen molar-refractivity contribution in [2.75, 3.05) is 0 Å². The molecule has 7 nitrogen and oxygen atoms in total. The molecule has 1 aromatic heterocycles. The predicted octanol–water partition coefficient (Wildman–Crippen LogP) is 2.93. The van der Waals surface area contributed by atoms with Crippen molar-refractivity contribution < 1.29 is 17.6 Å². The van der Waals surface area contributed by atoms with Crippen LogP contribution in [0.2, 0.25) is 0 Å². The molecule has 0 saturated carbocycles. The Balaban J connectivity index is 1.45. The first-order chi connectivity index (χ1) is 15.3. The van der Waals surface area contributed by atoms with Gasteiger partial charge in [0.1, 0.15) is 10.7 Å². The third-order valence-electron chi connectivity index (χ3n) is 5.61. The average molecular weight is 457 g/mol. The fourth-order valence-electron chi connectivity index (χ4n) is 3.97. The summed E-state index contributed by atoms with van der Waals surface area (Å²) in [5, 5.41) is 7.44. The molecule has 0 fully saturated rings. The molecule has 1 unspecified atom stereocenters. The Hall–Kier alpha value is -3.04. The van der Waals surface area contributed by atoms with Gasteiger partial charge < -0.3 is 5.32 Å². The van der Waals surface area contributed by atoms with Gasteiger partial charge >= 0.3 is 0 Å². The molecule has 0 saturated heterocycles. The number of aromatic nitrogens is 2. The summed E-state index contributed by atoms with van der Waals surface area (Å²) < 4.78 is 43.1. The highest BCUT2D eigenvalue weighted by Crippen LogP contribution is 2.30. The van der Waals surface area contributed by atoms with Crippen molar-refractivity contribution in [3.63, 3.8) is 0 Å². The van der Waals surface area contributed by atoms with Gasteiger partial charge in [0.2, 0.25) is 15.9 Å². The van der Waals surface area contributed by atoms with E-state index in [1.807, 2.05) is 35.0 Å². The van der Waals surface area contributed by atoms with E-state index in [9.17, 15) is 17.6 Å². The van der Waals surface area contributed by atoms with E-state index in [4.69, 9.17) is 0 Å². The summed E-state index contributed by atoms with van der Waals surface area (Å²) in [4.78, 5) is 12.3. The number of hydrogen-bond donors (Lipinski definition) is 2. The van der Waals surface area contributed by atoms with E-state index < -0.39 is 32.7 Å². The van der Waals surface area contributed by atoms with Crippen LogP contribution in [0.1, 0.15) is 42.6 Å². The minimum Gasteiger partial charge on any atom is -0.348 e. The fourth-order valence-corrected chi connectivity index (χ4v) is 5.25. The van der Waals surface area contributed by atoms with Crippen LogP contribution in [0.3, 0.4) is 0 Å². The molecule has 168 valence electrons. The third-order valence-corrected chi connectivity index (χ3v) is 7.18.